The Labute approximate surface area is 65.1 Å². The molecule has 0 bridgehead atoms. The third-order valence-corrected chi connectivity index (χ3v) is 2.07. The van der Waals surface area contributed by atoms with Crippen LogP contribution in [0.4, 0.5) is 0 Å². The van der Waals surface area contributed by atoms with Crippen LogP contribution in [0.3, 0.4) is 0 Å². The Morgan fingerprint density at radius 2 is 2.40 bits per heavy atom. The van der Waals surface area contributed by atoms with Gasteiger partial charge < -0.3 is 8.99 Å². The molecule has 0 aliphatic heterocycles. The number of halogens is 1. The van der Waals surface area contributed by atoms with E-state index in [1.807, 2.05) is 0 Å². The van der Waals surface area contributed by atoms with Crippen molar-refractivity contribution in [1.29, 1.82) is 4.78 Å². The normalized spacial score (nSPS) is 10.2. The van der Waals surface area contributed by atoms with Gasteiger partial charge in [0.2, 0.25) is 0 Å². The topological polar surface area (TPSA) is 53.8 Å². The van der Waals surface area contributed by atoms with Crippen molar-refractivity contribution in [3.63, 3.8) is 0 Å². The maximum atomic E-state index is 10.5. The van der Waals surface area contributed by atoms with Gasteiger partial charge >= 0.3 is 0 Å². The second-order valence-corrected chi connectivity index (χ2v) is 2.90. The average molecular weight is 176 g/mol. The molecule has 0 unspecified atom stereocenters. The van der Waals surface area contributed by atoms with Gasteiger partial charge in [0, 0.05) is 6.20 Å². The van der Waals surface area contributed by atoms with E-state index in [1.54, 1.807) is 6.07 Å². The van der Waals surface area contributed by atoms with Crippen LogP contribution in [0, 0.1) is 4.78 Å². The number of hydrogen-bond acceptors (Lipinski definition) is 4. The van der Waals surface area contributed by atoms with Gasteiger partial charge in [-0.15, -0.1) is 0 Å². The molecular weight excluding hydrogens is 172 g/mol. The zero-order valence-corrected chi connectivity index (χ0v) is 6.45. The van der Waals surface area contributed by atoms with E-state index in [2.05, 4.69) is 4.98 Å². The van der Waals surface area contributed by atoms with Gasteiger partial charge in [0.25, 0.3) is 0 Å². The van der Waals surface area contributed by atoms with Crippen LogP contribution in [-0.2, 0) is 14.8 Å². The average Bonchev–Trinajstić information content (AvgIpc) is 1.88. The highest BCUT2D eigenvalue weighted by atomic mass is 35.5. The number of rotatable bonds is 1. The number of hydrogen-bond donors (Lipinski definition) is 1. The van der Waals surface area contributed by atoms with Crippen molar-refractivity contribution in [3.05, 3.63) is 23.5 Å². The fourth-order valence-corrected chi connectivity index (χ4v) is 1.25. The Kier molecular flexibility index (Phi) is 2.24. The molecule has 3 nitrogen and oxygen atoms in total. The van der Waals surface area contributed by atoms with Gasteiger partial charge in [-0.05, 0) is 6.07 Å². The zero-order chi connectivity index (χ0) is 7.56. The summed E-state index contributed by atoms with van der Waals surface area (Å²) in [6.45, 7) is 0. The summed E-state index contributed by atoms with van der Waals surface area (Å²) in [6.07, 6.45) is 1.48. The first kappa shape index (κ1) is 7.50. The van der Waals surface area contributed by atoms with Gasteiger partial charge in [0.1, 0.15) is 5.15 Å². The van der Waals surface area contributed by atoms with Gasteiger partial charge in [0.15, 0.2) is 0 Å². The molecule has 5 heteroatoms. The Bertz CT molecular complexity index is 302. The quantitative estimate of drug-likeness (QED) is 0.523. The summed E-state index contributed by atoms with van der Waals surface area (Å²) in [5.74, 6) is 0. The summed E-state index contributed by atoms with van der Waals surface area (Å²) in [6, 6.07) is 3.10. The number of pyridine rings is 1. The maximum absolute atomic E-state index is 10.5. The van der Waals surface area contributed by atoms with Gasteiger partial charge in [-0.25, -0.2) is 4.98 Å². The van der Waals surface area contributed by atoms with Crippen LogP contribution < -0.4 is 0 Å². The minimum absolute atomic E-state index is 0.135. The van der Waals surface area contributed by atoms with Gasteiger partial charge in [0.05, 0.1) is 0 Å². The molecule has 1 aromatic heterocycles. The molecule has 0 aliphatic carbocycles. The smallest absolute Gasteiger partial charge is 0.114 e. The lowest BCUT2D eigenvalue weighted by Crippen LogP contribution is -1.81. The van der Waals surface area contributed by atoms with Crippen LogP contribution in [0.1, 0.15) is 0 Å². The lowest BCUT2D eigenvalue weighted by molar-refractivity contribution is 0.599. The summed E-state index contributed by atoms with van der Waals surface area (Å²) < 4.78 is 17.3. The number of nitrogens with zero attached hydrogens (tertiary/aromatic N) is 1. The molecule has 0 aliphatic rings. The lowest BCUT2D eigenvalue weighted by atomic mass is 10.5. The first-order valence-corrected chi connectivity index (χ1v) is 3.98. The molecule has 0 fully saturated rings. The van der Waals surface area contributed by atoms with Crippen molar-refractivity contribution in [2.75, 3.05) is 0 Å². The number of nitrogens with one attached hydrogen (secondary N) is 1. The second kappa shape index (κ2) is 2.98. The van der Waals surface area contributed by atoms with Crippen molar-refractivity contribution < 1.29 is 4.21 Å². The van der Waals surface area contributed by atoms with E-state index < -0.39 is 10.6 Å². The van der Waals surface area contributed by atoms with Crippen LogP contribution in [0.15, 0.2) is 23.2 Å². The van der Waals surface area contributed by atoms with Gasteiger partial charge in [-0.2, -0.15) is 10.6 Å². The van der Waals surface area contributed by atoms with Crippen molar-refractivity contribution in [2.45, 2.75) is 4.90 Å². The summed E-state index contributed by atoms with van der Waals surface area (Å²) in [7, 11) is -1.78. The molecule has 0 saturated carbocycles. The molecule has 0 radical (unpaired) electrons. The third-order valence-electron chi connectivity index (χ3n) is 0.925. The molecule has 1 N–H and O–H groups in total. The molecule has 0 atom stereocenters. The number of aromatic nitrogens is 1. The summed E-state index contributed by atoms with van der Waals surface area (Å²) >= 11 is 5.50. The van der Waals surface area contributed by atoms with E-state index in [1.165, 1.54) is 12.3 Å². The predicted octanol–water partition coefficient (Wildman–Crippen LogP) is 1.82. The maximum Gasteiger partial charge on any atom is 0.114 e. The van der Waals surface area contributed by atoms with E-state index in [4.69, 9.17) is 16.4 Å². The van der Waals surface area contributed by atoms with Crippen LogP contribution in [-0.4, -0.2) is 4.98 Å². The van der Waals surface area contributed by atoms with Crippen molar-refractivity contribution in [1.82, 2.24) is 4.98 Å². The fraction of sp³-hybridized carbons (Fsp3) is 0. The molecule has 0 saturated heterocycles. The Balaban J connectivity index is 3.28. The third kappa shape index (κ3) is 1.46. The summed E-state index contributed by atoms with van der Waals surface area (Å²) in [4.78, 5) is 3.91. The van der Waals surface area contributed by atoms with E-state index in [0.717, 1.165) is 0 Å². The zero-order valence-electron chi connectivity index (χ0n) is 4.87. The van der Waals surface area contributed by atoms with E-state index in [9.17, 15) is 4.21 Å². The van der Waals surface area contributed by atoms with E-state index in [-0.39, 0.29) is 10.0 Å². The summed E-state index contributed by atoms with van der Waals surface area (Å²) in [5, 5.41) is 0.135. The first-order chi connectivity index (χ1) is 4.72. The highest BCUT2D eigenvalue weighted by Gasteiger charge is 1.89. The van der Waals surface area contributed by atoms with E-state index in [0.29, 0.717) is 0 Å². The SMILES string of the molecule is N=[S-](=O)c1cccnc1Cl. The van der Waals surface area contributed by atoms with Crippen LogP contribution in [0.5, 0.6) is 0 Å². The lowest BCUT2D eigenvalue weighted by Gasteiger charge is -2.01. The van der Waals surface area contributed by atoms with Gasteiger partial charge in [-0.1, -0.05) is 22.6 Å². The monoisotopic (exact) mass is 175 g/mol. The highest BCUT2D eigenvalue weighted by molar-refractivity contribution is 7.73. The Morgan fingerprint density at radius 1 is 1.70 bits per heavy atom. The molecule has 1 aromatic rings. The largest absolute Gasteiger partial charge is 0.440 e. The molecule has 0 spiro atoms. The predicted molar refractivity (Wildman–Crippen MR) is 38.3 cm³/mol. The standard InChI is InChI=1S/C5H4ClN2OS/c6-5-4(10(7)9)2-1-3-8-5/h1-3,7H/q-1. The van der Waals surface area contributed by atoms with Crippen molar-refractivity contribution >= 4 is 22.2 Å². The fourth-order valence-electron chi connectivity index (χ4n) is 0.510. The van der Waals surface area contributed by atoms with Crippen molar-refractivity contribution in [3.8, 4) is 0 Å². The van der Waals surface area contributed by atoms with Crippen LogP contribution in [0.25, 0.3) is 0 Å². The highest BCUT2D eigenvalue weighted by Crippen LogP contribution is 2.12. The van der Waals surface area contributed by atoms with Crippen LogP contribution >= 0.6 is 11.6 Å². The van der Waals surface area contributed by atoms with Gasteiger partial charge in [-0.3, -0.25) is 0 Å². The van der Waals surface area contributed by atoms with Crippen molar-refractivity contribution in [2.24, 2.45) is 0 Å². The molecule has 0 aromatic carbocycles. The molecular formula is C5H4ClN2OS-. The molecule has 10 heavy (non-hydrogen) atoms. The summed E-state index contributed by atoms with van der Waals surface area (Å²) in [5.41, 5.74) is 0. The van der Waals surface area contributed by atoms with E-state index >= 15 is 0 Å². The second-order valence-electron chi connectivity index (χ2n) is 1.56. The molecule has 54 valence electrons. The first-order valence-electron chi connectivity index (χ1n) is 2.45. The Morgan fingerprint density at radius 3 is 2.80 bits per heavy atom. The molecule has 1 rings (SSSR count). The van der Waals surface area contributed by atoms with Crippen LogP contribution in [0.2, 0.25) is 5.15 Å². The minimum Gasteiger partial charge on any atom is -0.440 e. The minimum atomic E-state index is -1.78. The molecule has 0 amide bonds. The Hall–Kier alpha value is -0.610. The molecule has 1 heterocycles.